The van der Waals surface area contributed by atoms with Gasteiger partial charge in [-0.2, -0.15) is 0 Å². The van der Waals surface area contributed by atoms with Crippen LogP contribution in [0.25, 0.3) is 6.08 Å². The van der Waals surface area contributed by atoms with Gasteiger partial charge < -0.3 is 5.32 Å². The molecule has 0 aliphatic heterocycles. The molecular formula is C15H18ClN3O3S. The number of pyridine rings is 1. The number of aliphatic imine (C=N–C) groups is 1. The van der Waals surface area contributed by atoms with Crippen LogP contribution < -0.4 is 5.32 Å². The predicted molar refractivity (Wildman–Crippen MR) is 93.0 cm³/mol. The fourth-order valence-corrected chi connectivity index (χ4v) is 2.27. The summed E-state index contributed by atoms with van der Waals surface area (Å²) < 4.78 is 22.2. The monoisotopic (exact) mass is 355 g/mol. The molecule has 0 aliphatic rings. The maximum absolute atomic E-state index is 11.7. The molecule has 1 aromatic heterocycles. The van der Waals surface area contributed by atoms with Gasteiger partial charge in [0.2, 0.25) is 5.91 Å². The zero-order valence-corrected chi connectivity index (χ0v) is 14.4. The minimum absolute atomic E-state index is 0.0987. The lowest BCUT2D eigenvalue weighted by atomic mass is 10.2. The van der Waals surface area contributed by atoms with Crippen LogP contribution in [0.3, 0.4) is 0 Å². The van der Waals surface area contributed by atoms with Crippen LogP contribution in [0.1, 0.15) is 12.0 Å². The normalized spacial score (nSPS) is 13.3. The van der Waals surface area contributed by atoms with E-state index in [0.717, 1.165) is 11.8 Å². The smallest absolute Gasteiger partial charge is 0.239 e. The van der Waals surface area contributed by atoms with Crippen LogP contribution in [0, 0.1) is 0 Å². The minimum atomic E-state index is -3.41. The van der Waals surface area contributed by atoms with E-state index in [1.54, 1.807) is 18.5 Å². The Labute approximate surface area is 140 Å². The van der Waals surface area contributed by atoms with Crippen molar-refractivity contribution in [3.05, 3.63) is 47.9 Å². The zero-order chi connectivity index (χ0) is 17.3. The van der Waals surface area contributed by atoms with Crippen molar-refractivity contribution in [2.45, 2.75) is 6.42 Å². The number of hydrogen-bond acceptors (Lipinski definition) is 5. The van der Waals surface area contributed by atoms with Crippen LogP contribution in [0.4, 0.5) is 0 Å². The number of hydrogen-bond donors (Lipinski definition) is 1. The molecule has 0 saturated carbocycles. The molecule has 23 heavy (non-hydrogen) atoms. The molecule has 0 unspecified atom stereocenters. The van der Waals surface area contributed by atoms with Crippen LogP contribution in [0.5, 0.6) is 0 Å². The maximum Gasteiger partial charge on any atom is 0.239 e. The summed E-state index contributed by atoms with van der Waals surface area (Å²) >= 11 is 5.93. The molecule has 0 fully saturated rings. The van der Waals surface area contributed by atoms with Gasteiger partial charge in [0, 0.05) is 25.7 Å². The fraction of sp³-hybridized carbons (Fsp3) is 0.267. The second-order valence-corrected chi connectivity index (χ2v) is 7.17. The Hall–Kier alpha value is -1.99. The molecule has 124 valence electrons. The number of amides is 1. The lowest BCUT2D eigenvalue weighted by Gasteiger charge is -2.07. The number of sulfone groups is 1. The van der Waals surface area contributed by atoms with Gasteiger partial charge in [-0.1, -0.05) is 35.9 Å². The quantitative estimate of drug-likeness (QED) is 0.755. The highest BCUT2D eigenvalue weighted by Gasteiger charge is 2.13. The Kier molecular flexibility index (Phi) is 7.64. The molecule has 0 aliphatic carbocycles. The highest BCUT2D eigenvalue weighted by atomic mass is 35.5. The van der Waals surface area contributed by atoms with Gasteiger partial charge in [-0.3, -0.25) is 14.8 Å². The SMILES string of the molecule is CN=C(Cl)/C(=C\C/C=C/c1cccnc1)NC(=O)CS(C)(=O)=O. The van der Waals surface area contributed by atoms with Crippen LogP contribution >= 0.6 is 11.6 Å². The van der Waals surface area contributed by atoms with E-state index in [2.05, 4.69) is 15.3 Å². The number of nitrogens with zero attached hydrogens (tertiary/aromatic N) is 2. The summed E-state index contributed by atoms with van der Waals surface area (Å²) in [4.78, 5) is 19.5. The first-order valence-corrected chi connectivity index (χ1v) is 9.12. The summed E-state index contributed by atoms with van der Waals surface area (Å²) in [7, 11) is -1.93. The van der Waals surface area contributed by atoms with E-state index in [4.69, 9.17) is 11.6 Å². The second kappa shape index (κ2) is 9.22. The number of carbonyl (C=O) groups is 1. The highest BCUT2D eigenvalue weighted by molar-refractivity contribution is 7.91. The second-order valence-electron chi connectivity index (χ2n) is 4.67. The van der Waals surface area contributed by atoms with E-state index in [1.807, 2.05) is 24.3 Å². The number of halogens is 1. The summed E-state index contributed by atoms with van der Waals surface area (Å²) in [5, 5.41) is 2.56. The van der Waals surface area contributed by atoms with Crippen molar-refractivity contribution in [3.8, 4) is 0 Å². The van der Waals surface area contributed by atoms with Gasteiger partial charge in [0.25, 0.3) is 0 Å². The van der Waals surface area contributed by atoms with E-state index < -0.39 is 21.5 Å². The Morgan fingerprint density at radius 1 is 1.48 bits per heavy atom. The molecule has 0 bridgehead atoms. The van der Waals surface area contributed by atoms with Crippen molar-refractivity contribution < 1.29 is 13.2 Å². The van der Waals surface area contributed by atoms with E-state index in [0.29, 0.717) is 6.42 Å². The molecular weight excluding hydrogens is 338 g/mol. The minimum Gasteiger partial charge on any atom is -0.323 e. The van der Waals surface area contributed by atoms with Crippen molar-refractivity contribution in [3.63, 3.8) is 0 Å². The maximum atomic E-state index is 11.7. The Bertz CT molecular complexity index is 726. The van der Waals surface area contributed by atoms with Gasteiger partial charge in [0.15, 0.2) is 9.84 Å². The lowest BCUT2D eigenvalue weighted by Crippen LogP contribution is -2.31. The van der Waals surface area contributed by atoms with Crippen LogP contribution in [-0.4, -0.2) is 43.5 Å². The average molecular weight is 356 g/mol. The van der Waals surface area contributed by atoms with Gasteiger partial charge in [-0.15, -0.1) is 0 Å². The number of rotatable bonds is 7. The van der Waals surface area contributed by atoms with Crippen LogP contribution in [0.15, 0.2) is 47.4 Å². The third-order valence-corrected chi connectivity index (χ3v) is 3.70. The lowest BCUT2D eigenvalue weighted by molar-refractivity contribution is -0.117. The zero-order valence-electron chi connectivity index (χ0n) is 12.9. The van der Waals surface area contributed by atoms with E-state index >= 15 is 0 Å². The van der Waals surface area contributed by atoms with Gasteiger partial charge in [0.05, 0.1) is 5.70 Å². The molecule has 0 aromatic carbocycles. The molecule has 8 heteroatoms. The first-order chi connectivity index (χ1) is 10.8. The van der Waals surface area contributed by atoms with Gasteiger partial charge in [0.1, 0.15) is 10.9 Å². The molecule has 1 aromatic rings. The molecule has 1 N–H and O–H groups in total. The summed E-state index contributed by atoms with van der Waals surface area (Å²) in [5.74, 6) is -1.26. The Morgan fingerprint density at radius 3 is 2.78 bits per heavy atom. The standard InChI is InChI=1S/C15H18ClN3O3S/c1-17-15(16)13(19-14(20)11-23(2,21)22)8-4-3-6-12-7-5-9-18-10-12/h3,5-10H,4,11H2,1-2H3,(H,19,20)/b6-3+,13-8+,17-15?. The van der Waals surface area contributed by atoms with Crippen molar-refractivity contribution in [2.24, 2.45) is 4.99 Å². The average Bonchev–Trinajstić information content (AvgIpc) is 2.48. The predicted octanol–water partition coefficient (Wildman–Crippen LogP) is 1.80. The molecule has 0 spiro atoms. The molecule has 1 rings (SSSR count). The largest absolute Gasteiger partial charge is 0.323 e. The number of nitrogens with one attached hydrogen (secondary N) is 1. The van der Waals surface area contributed by atoms with Crippen LogP contribution in [0.2, 0.25) is 0 Å². The van der Waals surface area contributed by atoms with Gasteiger partial charge in [-0.25, -0.2) is 8.42 Å². The Morgan fingerprint density at radius 2 is 2.22 bits per heavy atom. The van der Waals surface area contributed by atoms with Crippen molar-refractivity contribution in [1.82, 2.24) is 10.3 Å². The van der Waals surface area contributed by atoms with E-state index in [9.17, 15) is 13.2 Å². The van der Waals surface area contributed by atoms with Gasteiger partial charge in [-0.05, 0) is 18.1 Å². The molecule has 1 heterocycles. The van der Waals surface area contributed by atoms with E-state index in [-0.39, 0.29) is 10.9 Å². The van der Waals surface area contributed by atoms with Gasteiger partial charge >= 0.3 is 0 Å². The molecule has 0 atom stereocenters. The summed E-state index contributed by atoms with van der Waals surface area (Å²) in [6.45, 7) is 0. The van der Waals surface area contributed by atoms with Crippen LogP contribution in [-0.2, 0) is 14.6 Å². The third kappa shape index (κ3) is 8.27. The summed E-state index contributed by atoms with van der Waals surface area (Å²) in [5.41, 5.74) is 1.22. The molecule has 1 amide bonds. The molecule has 0 radical (unpaired) electrons. The first kappa shape index (κ1) is 19.1. The Balaban J connectivity index is 2.74. The van der Waals surface area contributed by atoms with Crippen molar-refractivity contribution in [2.75, 3.05) is 19.1 Å². The molecule has 6 nitrogen and oxygen atoms in total. The van der Waals surface area contributed by atoms with Crippen molar-refractivity contribution in [1.29, 1.82) is 0 Å². The number of carbonyl (C=O) groups excluding carboxylic acids is 1. The first-order valence-electron chi connectivity index (χ1n) is 6.69. The number of aromatic nitrogens is 1. The fourth-order valence-electron chi connectivity index (χ4n) is 1.60. The van der Waals surface area contributed by atoms with Crippen molar-refractivity contribution >= 4 is 38.6 Å². The number of allylic oxidation sites excluding steroid dienone is 3. The molecule has 0 saturated heterocycles. The van der Waals surface area contributed by atoms with E-state index in [1.165, 1.54) is 7.05 Å². The topological polar surface area (TPSA) is 88.5 Å². The highest BCUT2D eigenvalue weighted by Crippen LogP contribution is 2.05. The third-order valence-electron chi connectivity index (χ3n) is 2.54. The summed E-state index contributed by atoms with van der Waals surface area (Å²) in [6.07, 6.45) is 10.3. The summed E-state index contributed by atoms with van der Waals surface area (Å²) in [6, 6.07) is 3.73.